The fourth-order valence-electron chi connectivity index (χ4n) is 2.60. The van der Waals surface area contributed by atoms with Crippen molar-refractivity contribution in [1.82, 2.24) is 10.2 Å². The Hall–Kier alpha value is -3.17. The quantitative estimate of drug-likeness (QED) is 0.806. The summed E-state index contributed by atoms with van der Waals surface area (Å²) < 4.78 is 29.8. The van der Waals surface area contributed by atoms with Crippen molar-refractivity contribution in [2.24, 2.45) is 0 Å². The molecule has 1 aliphatic heterocycles. The Morgan fingerprint density at radius 2 is 2.15 bits per heavy atom. The van der Waals surface area contributed by atoms with Gasteiger partial charge in [0.25, 0.3) is 5.89 Å². The minimum Gasteiger partial charge on any atom is -0.460 e. The summed E-state index contributed by atoms with van der Waals surface area (Å²) in [7, 11) is 0. The van der Waals surface area contributed by atoms with Gasteiger partial charge in [-0.05, 0) is 39.0 Å². The zero-order valence-corrected chi connectivity index (χ0v) is 15.1. The molecule has 0 unspecified atom stereocenters. The predicted octanol–water partition coefficient (Wildman–Crippen LogP) is 2.51. The summed E-state index contributed by atoms with van der Waals surface area (Å²) >= 11 is 0. The number of rotatable bonds is 4. The standard InChI is InChI=1S/C17H19FN4O5/c1-17(2,3)27-13(23)7-10-8-22(16(24)25-10)9-4-5-11(12(18)6-9)14-20-21-15(19)26-14/h4-6,10H,7-8H2,1-3H3,(H2,19,21)/t10-/m0/s1. The van der Waals surface area contributed by atoms with Gasteiger partial charge in [0.2, 0.25) is 0 Å². The van der Waals surface area contributed by atoms with Crippen LogP contribution in [0.1, 0.15) is 27.2 Å². The van der Waals surface area contributed by atoms with E-state index in [1.54, 1.807) is 20.8 Å². The number of hydrogen-bond acceptors (Lipinski definition) is 8. The van der Waals surface area contributed by atoms with Gasteiger partial charge in [0.15, 0.2) is 0 Å². The molecule has 0 spiro atoms. The first-order valence-corrected chi connectivity index (χ1v) is 8.21. The molecule has 2 heterocycles. The average Bonchev–Trinajstić information content (AvgIpc) is 3.11. The van der Waals surface area contributed by atoms with Crippen molar-refractivity contribution in [2.45, 2.75) is 38.9 Å². The number of ether oxygens (including phenoxy) is 2. The molecule has 1 atom stereocenters. The van der Waals surface area contributed by atoms with E-state index in [4.69, 9.17) is 19.6 Å². The Kier molecular flexibility index (Phi) is 4.73. The van der Waals surface area contributed by atoms with Crippen LogP contribution in [0.4, 0.5) is 20.9 Å². The van der Waals surface area contributed by atoms with Gasteiger partial charge in [-0.1, -0.05) is 5.10 Å². The molecular formula is C17H19FN4O5. The number of nitrogen functional groups attached to an aromatic ring is 1. The molecule has 144 valence electrons. The number of cyclic esters (lactones) is 1. The number of aromatic nitrogens is 2. The molecule has 2 aromatic rings. The Labute approximate surface area is 154 Å². The molecule has 1 aromatic heterocycles. The maximum atomic E-state index is 14.4. The Balaban J connectivity index is 1.70. The molecule has 27 heavy (non-hydrogen) atoms. The lowest BCUT2D eigenvalue weighted by atomic mass is 10.1. The number of nitrogens with zero attached hydrogens (tertiary/aromatic N) is 3. The van der Waals surface area contributed by atoms with Crippen molar-refractivity contribution in [3.8, 4) is 11.5 Å². The Bertz CT molecular complexity index is 876. The molecule has 0 saturated carbocycles. The predicted molar refractivity (Wildman–Crippen MR) is 92.2 cm³/mol. The van der Waals surface area contributed by atoms with E-state index in [9.17, 15) is 14.0 Å². The van der Waals surface area contributed by atoms with Gasteiger partial charge in [-0.25, -0.2) is 9.18 Å². The van der Waals surface area contributed by atoms with Gasteiger partial charge in [-0.3, -0.25) is 9.69 Å². The minimum absolute atomic E-state index is 0.0563. The minimum atomic E-state index is -0.675. The lowest BCUT2D eigenvalue weighted by molar-refractivity contribution is -0.156. The van der Waals surface area contributed by atoms with Crippen LogP contribution in [0.15, 0.2) is 22.6 Å². The molecule has 0 aliphatic carbocycles. The van der Waals surface area contributed by atoms with Crippen molar-refractivity contribution in [1.29, 1.82) is 0 Å². The number of hydrogen-bond donors (Lipinski definition) is 1. The van der Waals surface area contributed by atoms with Crippen LogP contribution in [-0.4, -0.2) is 40.5 Å². The largest absolute Gasteiger partial charge is 0.460 e. The number of amides is 1. The van der Waals surface area contributed by atoms with Crippen molar-refractivity contribution < 1.29 is 27.9 Å². The van der Waals surface area contributed by atoms with E-state index in [0.717, 1.165) is 6.07 Å². The highest BCUT2D eigenvalue weighted by molar-refractivity contribution is 5.90. The van der Waals surface area contributed by atoms with Crippen molar-refractivity contribution in [3.05, 3.63) is 24.0 Å². The maximum Gasteiger partial charge on any atom is 0.414 e. The summed E-state index contributed by atoms with van der Waals surface area (Å²) in [5.74, 6) is -1.21. The first kappa shape index (κ1) is 18.6. The van der Waals surface area contributed by atoms with Crippen LogP contribution in [0, 0.1) is 5.82 Å². The highest BCUT2D eigenvalue weighted by Crippen LogP contribution is 2.29. The molecule has 10 heteroatoms. The molecule has 2 N–H and O–H groups in total. The second kappa shape index (κ2) is 6.86. The van der Waals surface area contributed by atoms with Crippen molar-refractivity contribution in [2.75, 3.05) is 17.2 Å². The molecule has 0 radical (unpaired) electrons. The lowest BCUT2D eigenvalue weighted by Gasteiger charge is -2.20. The Morgan fingerprint density at radius 1 is 1.41 bits per heavy atom. The molecule has 3 rings (SSSR count). The summed E-state index contributed by atoms with van der Waals surface area (Å²) in [5.41, 5.74) is 5.04. The third kappa shape index (κ3) is 4.33. The van der Waals surface area contributed by atoms with E-state index in [0.29, 0.717) is 0 Å². The zero-order valence-electron chi connectivity index (χ0n) is 15.1. The second-order valence-electron chi connectivity index (χ2n) is 7.02. The van der Waals surface area contributed by atoms with E-state index in [1.807, 2.05) is 0 Å². The molecule has 0 bridgehead atoms. The van der Waals surface area contributed by atoms with E-state index in [-0.39, 0.29) is 36.1 Å². The second-order valence-corrected chi connectivity index (χ2v) is 7.02. The third-order valence-electron chi connectivity index (χ3n) is 3.62. The van der Waals surface area contributed by atoms with E-state index in [2.05, 4.69) is 10.2 Å². The van der Waals surface area contributed by atoms with Crippen LogP contribution in [-0.2, 0) is 14.3 Å². The molecule has 1 aromatic carbocycles. The van der Waals surface area contributed by atoms with Gasteiger partial charge in [0.1, 0.15) is 17.5 Å². The van der Waals surface area contributed by atoms with Gasteiger partial charge in [-0.2, -0.15) is 0 Å². The summed E-state index contributed by atoms with van der Waals surface area (Å²) in [4.78, 5) is 25.2. The van der Waals surface area contributed by atoms with Crippen LogP contribution in [0.5, 0.6) is 0 Å². The first-order chi connectivity index (χ1) is 12.6. The number of halogens is 1. The average molecular weight is 378 g/mol. The van der Waals surface area contributed by atoms with Gasteiger partial charge in [0, 0.05) is 0 Å². The highest BCUT2D eigenvalue weighted by Gasteiger charge is 2.35. The van der Waals surface area contributed by atoms with E-state index in [1.165, 1.54) is 17.0 Å². The topological polar surface area (TPSA) is 121 Å². The monoisotopic (exact) mass is 378 g/mol. The molecule has 1 amide bonds. The van der Waals surface area contributed by atoms with Gasteiger partial charge in [-0.15, -0.1) is 5.10 Å². The molecular weight excluding hydrogens is 359 g/mol. The number of nitrogens with two attached hydrogens (primary N) is 1. The van der Waals surface area contributed by atoms with Gasteiger partial charge in [0.05, 0.1) is 24.2 Å². The number of esters is 1. The van der Waals surface area contributed by atoms with Crippen molar-refractivity contribution in [3.63, 3.8) is 0 Å². The van der Waals surface area contributed by atoms with Crippen LogP contribution < -0.4 is 10.6 Å². The normalized spacial score (nSPS) is 17.1. The smallest absolute Gasteiger partial charge is 0.414 e. The molecule has 9 nitrogen and oxygen atoms in total. The fraction of sp³-hybridized carbons (Fsp3) is 0.412. The first-order valence-electron chi connectivity index (χ1n) is 8.21. The number of carbonyl (C=O) groups is 2. The Morgan fingerprint density at radius 3 is 2.74 bits per heavy atom. The fourth-order valence-corrected chi connectivity index (χ4v) is 2.60. The van der Waals surface area contributed by atoms with Crippen LogP contribution in [0.25, 0.3) is 11.5 Å². The zero-order chi connectivity index (χ0) is 19.8. The molecule has 1 fully saturated rings. The molecule has 1 aliphatic rings. The van der Waals surface area contributed by atoms with Crippen LogP contribution in [0.3, 0.4) is 0 Å². The third-order valence-corrected chi connectivity index (χ3v) is 3.62. The van der Waals surface area contributed by atoms with Gasteiger partial charge < -0.3 is 19.6 Å². The van der Waals surface area contributed by atoms with E-state index >= 15 is 0 Å². The summed E-state index contributed by atoms with van der Waals surface area (Å²) in [6.07, 6.45) is -1.43. The summed E-state index contributed by atoms with van der Waals surface area (Å²) in [6, 6.07) is 3.87. The summed E-state index contributed by atoms with van der Waals surface area (Å²) in [6.45, 7) is 5.35. The number of benzene rings is 1. The summed E-state index contributed by atoms with van der Waals surface area (Å²) in [5, 5.41) is 7.10. The SMILES string of the molecule is CC(C)(C)OC(=O)C[C@H]1CN(c2ccc(-c3nnc(N)o3)c(F)c2)C(=O)O1. The van der Waals surface area contributed by atoms with Crippen molar-refractivity contribution >= 4 is 23.8 Å². The number of anilines is 2. The molecule has 1 saturated heterocycles. The van der Waals surface area contributed by atoms with E-state index < -0.39 is 29.6 Å². The van der Waals surface area contributed by atoms with Crippen LogP contribution >= 0.6 is 0 Å². The number of carbonyl (C=O) groups excluding carboxylic acids is 2. The lowest BCUT2D eigenvalue weighted by Crippen LogP contribution is -2.28. The maximum absolute atomic E-state index is 14.4. The highest BCUT2D eigenvalue weighted by atomic mass is 19.1. The van der Waals surface area contributed by atoms with Crippen LogP contribution in [0.2, 0.25) is 0 Å². The van der Waals surface area contributed by atoms with Gasteiger partial charge >= 0.3 is 18.1 Å².